The van der Waals surface area contributed by atoms with Gasteiger partial charge < -0.3 is 21.9 Å². The number of nitrogen functional groups attached to an aromatic ring is 3. The van der Waals surface area contributed by atoms with Crippen LogP contribution in [0.2, 0.25) is 0 Å². The first kappa shape index (κ1) is 72.5. The van der Waals surface area contributed by atoms with Crippen molar-refractivity contribution in [3.8, 4) is 90.1 Å². The van der Waals surface area contributed by atoms with Gasteiger partial charge in [0.2, 0.25) is 0 Å². The highest BCUT2D eigenvalue weighted by molar-refractivity contribution is 6.09. The molecular weight excluding hydrogens is 1470 g/mol. The molecule has 0 fully saturated rings. The Bertz CT molecular complexity index is 7340. The molecule has 25 heteroatoms. The summed E-state index contributed by atoms with van der Waals surface area (Å²) in [4.78, 5) is 62.6. The molecular formula is C92H64F3N21O. The van der Waals surface area contributed by atoms with E-state index in [0.29, 0.717) is 79.6 Å². The maximum Gasteiger partial charge on any atom is 0.162 e. The SMILES string of the molecule is COc1cnc(-c2cc(-c3ccccc3F)nc3ncccc23)c2ccncc12.Cc1ccn(-c2cc(C3=CCc4cnccc43)c3cccnc3n2)n1.Cn1cc(-c2cnc3nc(-c4ccccc4F)cc(-c4nccc5c(N)nccc45)c3c2)cn1.Nc1ccc2c(-c3cccc4c(N)nccc34)cc(-c3ccccc3F)nc2n1. The predicted octanol–water partition coefficient (Wildman–Crippen LogP) is 18.4. The molecule has 6 N–H and O–H groups in total. The number of hydrogen-bond donors (Lipinski definition) is 3. The topological polar surface area (TPSA) is 303 Å². The Kier molecular flexibility index (Phi) is 19.1. The number of ether oxygens (including phenoxy) is 1. The summed E-state index contributed by atoms with van der Waals surface area (Å²) < 4.78 is 52.6. The zero-order valence-electron chi connectivity index (χ0n) is 62.7. The monoisotopic (exact) mass is 1540 g/mol. The second kappa shape index (κ2) is 30.9. The molecule has 4 aromatic carbocycles. The fraction of sp³-hybridized carbons (Fsp3) is 0.0435. The summed E-state index contributed by atoms with van der Waals surface area (Å²) in [6, 6.07) is 58.2. The van der Waals surface area contributed by atoms with E-state index in [1.165, 1.54) is 34.9 Å². The Morgan fingerprint density at radius 1 is 0.385 bits per heavy atom. The van der Waals surface area contributed by atoms with Crippen molar-refractivity contribution in [2.45, 2.75) is 13.3 Å². The molecule has 564 valence electrons. The number of aryl methyl sites for hydroxylation is 2. The van der Waals surface area contributed by atoms with E-state index in [9.17, 15) is 13.2 Å². The number of hydrogen-bond acceptors (Lipinski definition) is 20. The van der Waals surface area contributed by atoms with E-state index in [2.05, 4.69) is 94.3 Å². The van der Waals surface area contributed by atoms with E-state index in [0.717, 1.165) is 122 Å². The summed E-state index contributed by atoms with van der Waals surface area (Å²) in [5, 5.41) is 17.4. The Balaban J connectivity index is 0.000000108. The van der Waals surface area contributed by atoms with Gasteiger partial charge in [-0.15, -0.1) is 0 Å². The van der Waals surface area contributed by atoms with Gasteiger partial charge in [0.25, 0.3) is 0 Å². The summed E-state index contributed by atoms with van der Waals surface area (Å²) >= 11 is 0. The Morgan fingerprint density at radius 2 is 0.949 bits per heavy atom. The van der Waals surface area contributed by atoms with Crippen LogP contribution in [0.5, 0.6) is 5.75 Å². The number of allylic oxidation sites excluding steroid dienone is 1. The molecule has 0 spiro atoms. The summed E-state index contributed by atoms with van der Waals surface area (Å²) in [7, 11) is 3.47. The second-order valence-corrected chi connectivity index (χ2v) is 27.4. The van der Waals surface area contributed by atoms with Crippen LogP contribution in [0, 0.1) is 24.4 Å². The van der Waals surface area contributed by atoms with Crippen LogP contribution >= 0.6 is 0 Å². The molecule has 1 aliphatic rings. The lowest BCUT2D eigenvalue weighted by Gasteiger charge is -2.13. The average Bonchev–Trinajstić information content (AvgIpc) is 1.18. The van der Waals surface area contributed by atoms with E-state index in [1.54, 1.807) is 139 Å². The van der Waals surface area contributed by atoms with Crippen LogP contribution in [0.1, 0.15) is 22.4 Å². The number of nitrogens with two attached hydrogens (primary N) is 3. The van der Waals surface area contributed by atoms with Crippen LogP contribution in [0.3, 0.4) is 0 Å². The molecule has 0 bridgehead atoms. The number of aromatic nitrogens is 18. The van der Waals surface area contributed by atoms with Gasteiger partial charge >= 0.3 is 0 Å². The van der Waals surface area contributed by atoms with Crippen molar-refractivity contribution in [1.82, 2.24) is 89.3 Å². The lowest BCUT2D eigenvalue weighted by atomic mass is 9.95. The number of fused-ring (bicyclic) bond motifs is 8. The molecule has 0 atom stereocenters. The standard InChI is InChI=1S/C26H18FN7.C23H16FN5.C23H15FN4O.C20H15N5/c1-34-14-16(13-32-34)15-10-21-20(24-17-6-9-30-25(28)18(17)7-8-29-24)11-23(33-26(21)31-12-15)19-4-2-3-5-22(19)27;24-19-7-2-1-4-17(19)20-12-18(16-8-9-21(25)29-23(16)28-20)13-5-3-6-15-14(13)10-11-27-22(15)26;1-29-21-13-27-22(14-8-10-25-12-18(14)21)17-11-20(16-5-2-3-7-19(16)24)28-23-15(17)6-4-9-26-23;1-13-7-10-25(24-13)19-11-18(17-3-2-8-22-20(17)23-19)16-5-4-14-12-21-9-6-15(14)16/h2-14H,1H3,(H2,28,30);1-12H,(H2,26,27)(H2,25,28,29);2-13H,1H3;2-3,5-12H,4H2,1H3. The highest BCUT2D eigenvalue weighted by atomic mass is 19.1. The van der Waals surface area contributed by atoms with E-state index in [-0.39, 0.29) is 17.5 Å². The third kappa shape index (κ3) is 14.1. The molecule has 1 aliphatic carbocycles. The normalized spacial score (nSPS) is 11.6. The van der Waals surface area contributed by atoms with Crippen LogP contribution in [-0.2, 0) is 13.5 Å². The van der Waals surface area contributed by atoms with Crippen molar-refractivity contribution < 1.29 is 17.9 Å². The fourth-order valence-electron chi connectivity index (χ4n) is 14.6. The summed E-state index contributed by atoms with van der Waals surface area (Å²) in [5.41, 5.74) is 35.4. The Morgan fingerprint density at radius 3 is 1.62 bits per heavy atom. The van der Waals surface area contributed by atoms with Gasteiger partial charge in [0.1, 0.15) is 40.7 Å². The maximum atomic E-state index is 14.7. The molecule has 16 aromatic heterocycles. The van der Waals surface area contributed by atoms with Gasteiger partial charge in [0.15, 0.2) is 28.4 Å². The molecule has 0 saturated carbocycles. The van der Waals surface area contributed by atoms with Crippen molar-refractivity contribution in [3.63, 3.8) is 0 Å². The van der Waals surface area contributed by atoms with Gasteiger partial charge in [-0.05, 0) is 192 Å². The molecule has 117 heavy (non-hydrogen) atoms. The molecule has 0 unspecified atom stereocenters. The average molecular weight is 1540 g/mol. The molecule has 20 aromatic rings. The first-order valence-corrected chi connectivity index (χ1v) is 37.0. The van der Waals surface area contributed by atoms with Gasteiger partial charge in [-0.25, -0.2) is 67.7 Å². The predicted molar refractivity (Wildman–Crippen MR) is 451 cm³/mol. The third-order valence-corrected chi connectivity index (χ3v) is 20.2. The Hall–Kier alpha value is -16.1. The largest absolute Gasteiger partial charge is 0.494 e. The molecule has 0 amide bonds. The molecule has 16 heterocycles. The minimum Gasteiger partial charge on any atom is -0.494 e. The van der Waals surface area contributed by atoms with Crippen molar-refractivity contribution in [1.29, 1.82) is 0 Å². The smallest absolute Gasteiger partial charge is 0.162 e. The van der Waals surface area contributed by atoms with Gasteiger partial charge in [0, 0.05) is 169 Å². The Labute approximate surface area is 664 Å². The lowest BCUT2D eigenvalue weighted by molar-refractivity contribution is 0.418. The van der Waals surface area contributed by atoms with E-state index < -0.39 is 0 Å². The highest BCUT2D eigenvalue weighted by Gasteiger charge is 2.24. The van der Waals surface area contributed by atoms with Crippen LogP contribution in [0.4, 0.5) is 30.6 Å². The second-order valence-electron chi connectivity index (χ2n) is 27.4. The van der Waals surface area contributed by atoms with Crippen molar-refractivity contribution in [2.75, 3.05) is 24.3 Å². The maximum absolute atomic E-state index is 14.7. The lowest BCUT2D eigenvalue weighted by Crippen LogP contribution is -2.02. The van der Waals surface area contributed by atoms with Crippen molar-refractivity contribution in [3.05, 3.63) is 327 Å². The number of pyridine rings is 14. The number of anilines is 3. The van der Waals surface area contributed by atoms with Gasteiger partial charge in [0.05, 0.1) is 53.7 Å². The van der Waals surface area contributed by atoms with Gasteiger partial charge in [-0.2, -0.15) is 10.2 Å². The first-order chi connectivity index (χ1) is 57.2. The quantitative estimate of drug-likeness (QED) is 0.115. The van der Waals surface area contributed by atoms with Gasteiger partial charge in [-0.3, -0.25) is 24.6 Å². The van der Waals surface area contributed by atoms with E-state index >= 15 is 0 Å². The molecule has 0 aliphatic heterocycles. The summed E-state index contributed by atoms with van der Waals surface area (Å²) in [6.07, 6.45) is 27.9. The molecule has 0 saturated heterocycles. The fourth-order valence-corrected chi connectivity index (χ4v) is 14.6. The molecule has 0 radical (unpaired) electrons. The number of methoxy groups -OCH3 is 1. The summed E-state index contributed by atoms with van der Waals surface area (Å²) in [5.74, 6) is 1.61. The number of nitrogens with zero attached hydrogens (tertiary/aromatic N) is 18. The van der Waals surface area contributed by atoms with E-state index in [1.807, 2.05) is 136 Å². The molecule has 22 nitrogen and oxygen atoms in total. The zero-order chi connectivity index (χ0) is 79.8. The first-order valence-electron chi connectivity index (χ1n) is 37.0. The van der Waals surface area contributed by atoms with E-state index in [4.69, 9.17) is 31.9 Å². The number of rotatable bonds is 10. The molecule has 21 rings (SSSR count). The van der Waals surface area contributed by atoms with Crippen LogP contribution in [0.15, 0.2) is 287 Å². The van der Waals surface area contributed by atoms with Crippen molar-refractivity contribution in [2.24, 2.45) is 7.05 Å². The third-order valence-electron chi connectivity index (χ3n) is 20.2. The number of benzene rings is 4. The van der Waals surface area contributed by atoms with Crippen molar-refractivity contribution >= 4 is 99.5 Å². The van der Waals surface area contributed by atoms with Crippen LogP contribution in [-0.4, -0.2) is 96.4 Å². The number of halogens is 3. The zero-order valence-corrected chi connectivity index (χ0v) is 62.7. The minimum atomic E-state index is -0.355. The highest BCUT2D eigenvalue weighted by Crippen LogP contribution is 2.43. The van der Waals surface area contributed by atoms with Crippen LogP contribution < -0.4 is 21.9 Å². The minimum absolute atomic E-state index is 0.335. The summed E-state index contributed by atoms with van der Waals surface area (Å²) in [6.45, 7) is 1.97. The van der Waals surface area contributed by atoms with Gasteiger partial charge in [-0.1, -0.05) is 60.7 Å². The van der Waals surface area contributed by atoms with Crippen LogP contribution in [0.25, 0.3) is 166 Å².